The van der Waals surface area contributed by atoms with E-state index in [1.165, 1.54) is 6.07 Å². The van der Waals surface area contributed by atoms with Crippen LogP contribution in [0.2, 0.25) is 5.02 Å². The molecule has 7 heteroatoms. The molecule has 0 fully saturated rings. The average Bonchev–Trinajstić information content (AvgIpc) is 2.96. The van der Waals surface area contributed by atoms with Crippen molar-refractivity contribution in [3.8, 4) is 0 Å². The number of anilines is 1. The fourth-order valence-corrected chi connectivity index (χ4v) is 3.01. The van der Waals surface area contributed by atoms with Crippen LogP contribution >= 0.6 is 11.6 Å². The van der Waals surface area contributed by atoms with Crippen molar-refractivity contribution in [3.05, 3.63) is 58.5 Å². The maximum absolute atomic E-state index is 14.3. The molecule has 0 aliphatic heterocycles. The Bertz CT molecular complexity index is 925. The molecule has 0 aliphatic rings. The summed E-state index contributed by atoms with van der Waals surface area (Å²) in [6.07, 6.45) is 0.316. The van der Waals surface area contributed by atoms with Crippen LogP contribution in [0, 0.1) is 12.7 Å². The van der Waals surface area contributed by atoms with Gasteiger partial charge in [0.05, 0.1) is 16.5 Å². The number of amides is 1. The Hall–Kier alpha value is -2.44. The molecule has 130 valence electrons. The van der Waals surface area contributed by atoms with Crippen LogP contribution in [0.15, 0.2) is 36.4 Å². The van der Waals surface area contributed by atoms with Gasteiger partial charge in [-0.05, 0) is 44.2 Å². The largest absolute Gasteiger partial charge is 0.330 e. The highest BCUT2D eigenvalue weighted by atomic mass is 35.5. The molecule has 4 N–H and O–H groups in total. The summed E-state index contributed by atoms with van der Waals surface area (Å²) in [6, 6.07) is 10.0. The first-order chi connectivity index (χ1) is 12.0. The molecule has 0 saturated carbocycles. The lowest BCUT2D eigenvalue weighted by atomic mass is 9.94. The molecule has 25 heavy (non-hydrogen) atoms. The normalized spacial score (nSPS) is 12.3. The van der Waals surface area contributed by atoms with Crippen molar-refractivity contribution in [1.82, 2.24) is 10.2 Å². The first-order valence-electron chi connectivity index (χ1n) is 7.91. The van der Waals surface area contributed by atoms with Crippen molar-refractivity contribution in [2.24, 2.45) is 5.73 Å². The van der Waals surface area contributed by atoms with Gasteiger partial charge in [-0.15, -0.1) is 0 Å². The van der Waals surface area contributed by atoms with Gasteiger partial charge in [-0.25, -0.2) is 4.39 Å². The van der Waals surface area contributed by atoms with E-state index in [1.807, 2.05) is 19.1 Å². The Balaban J connectivity index is 1.89. The summed E-state index contributed by atoms with van der Waals surface area (Å²) >= 11 is 5.84. The van der Waals surface area contributed by atoms with Crippen molar-refractivity contribution < 1.29 is 9.18 Å². The van der Waals surface area contributed by atoms with E-state index < -0.39 is 11.7 Å². The van der Waals surface area contributed by atoms with Crippen LogP contribution in [0.3, 0.4) is 0 Å². The Kier molecular flexibility index (Phi) is 5.01. The standard InChI is InChI=1S/C18H18ClFN4O/c1-10-14-9-11(5-6-16(14)24-23-10)22-18(25)13(7-8-21)12-3-2-4-15(19)17(12)20/h2-6,9,13H,7-8,21H2,1H3,(H,22,25)(H,23,24)/t13-/m0/s1. The molecule has 0 bridgehead atoms. The first kappa shape index (κ1) is 17.4. The maximum atomic E-state index is 14.3. The van der Waals surface area contributed by atoms with E-state index in [4.69, 9.17) is 17.3 Å². The van der Waals surface area contributed by atoms with Crippen molar-refractivity contribution in [3.63, 3.8) is 0 Å². The monoisotopic (exact) mass is 360 g/mol. The number of H-pyrrole nitrogens is 1. The SMILES string of the molecule is Cc1[nH]nc2ccc(NC(=O)[C@@H](CCN)c3cccc(Cl)c3F)cc12. The smallest absolute Gasteiger partial charge is 0.232 e. The number of nitrogens with zero attached hydrogens (tertiary/aromatic N) is 1. The number of benzene rings is 2. The number of hydrogen-bond acceptors (Lipinski definition) is 3. The molecule has 1 aromatic heterocycles. The quantitative estimate of drug-likeness (QED) is 0.648. The van der Waals surface area contributed by atoms with E-state index in [9.17, 15) is 9.18 Å². The van der Waals surface area contributed by atoms with Gasteiger partial charge < -0.3 is 11.1 Å². The third-order valence-corrected chi connectivity index (χ3v) is 4.43. The third kappa shape index (κ3) is 3.50. The summed E-state index contributed by atoms with van der Waals surface area (Å²) in [4.78, 5) is 12.7. The molecule has 3 rings (SSSR count). The van der Waals surface area contributed by atoms with Crippen LogP contribution in [0.4, 0.5) is 10.1 Å². The molecule has 1 atom stereocenters. The number of halogens is 2. The van der Waals surface area contributed by atoms with Crippen LogP contribution in [0.1, 0.15) is 23.6 Å². The lowest BCUT2D eigenvalue weighted by Crippen LogP contribution is -2.24. The van der Waals surface area contributed by atoms with Crippen LogP contribution < -0.4 is 11.1 Å². The Labute approximate surface area is 149 Å². The molecule has 0 saturated heterocycles. The number of carbonyl (C=O) groups is 1. The van der Waals surface area contributed by atoms with Crippen LogP contribution in [0.25, 0.3) is 10.9 Å². The number of hydrogen-bond donors (Lipinski definition) is 3. The number of aryl methyl sites for hydroxylation is 1. The molecule has 1 amide bonds. The minimum atomic E-state index is -0.718. The molecule has 0 radical (unpaired) electrons. The Morgan fingerprint density at radius 2 is 2.20 bits per heavy atom. The van der Waals surface area contributed by atoms with Gasteiger partial charge in [0.25, 0.3) is 0 Å². The highest BCUT2D eigenvalue weighted by Gasteiger charge is 2.24. The lowest BCUT2D eigenvalue weighted by molar-refractivity contribution is -0.117. The fraction of sp³-hybridized carbons (Fsp3) is 0.222. The maximum Gasteiger partial charge on any atom is 0.232 e. The molecule has 3 aromatic rings. The van der Waals surface area contributed by atoms with Gasteiger partial charge in [0.2, 0.25) is 5.91 Å². The van der Waals surface area contributed by atoms with Crippen molar-refractivity contribution in [2.75, 3.05) is 11.9 Å². The first-order valence-corrected chi connectivity index (χ1v) is 8.28. The number of nitrogens with one attached hydrogen (secondary N) is 2. The summed E-state index contributed by atoms with van der Waals surface area (Å²) in [7, 11) is 0. The minimum absolute atomic E-state index is 0.0113. The zero-order chi connectivity index (χ0) is 18.0. The molecular formula is C18H18ClFN4O. The zero-order valence-corrected chi connectivity index (χ0v) is 14.4. The van der Waals surface area contributed by atoms with Crippen LogP contribution in [0.5, 0.6) is 0 Å². The van der Waals surface area contributed by atoms with Gasteiger partial charge in [0, 0.05) is 22.3 Å². The summed E-state index contributed by atoms with van der Waals surface area (Å²) in [5, 5.41) is 10.8. The summed E-state index contributed by atoms with van der Waals surface area (Å²) in [5.41, 5.74) is 8.20. The molecule has 0 aliphatic carbocycles. The van der Waals surface area contributed by atoms with E-state index in [1.54, 1.807) is 18.2 Å². The second-order valence-electron chi connectivity index (χ2n) is 5.84. The predicted octanol–water partition coefficient (Wildman–Crippen LogP) is 3.73. The average molecular weight is 361 g/mol. The van der Waals surface area contributed by atoms with Gasteiger partial charge in [-0.2, -0.15) is 5.10 Å². The highest BCUT2D eigenvalue weighted by Crippen LogP contribution is 2.28. The molecular weight excluding hydrogens is 343 g/mol. The fourth-order valence-electron chi connectivity index (χ4n) is 2.83. The number of rotatable bonds is 5. The lowest BCUT2D eigenvalue weighted by Gasteiger charge is -2.17. The van der Waals surface area contributed by atoms with Crippen molar-refractivity contribution in [1.29, 1.82) is 0 Å². The van der Waals surface area contributed by atoms with Gasteiger partial charge in [0.1, 0.15) is 5.82 Å². The Morgan fingerprint density at radius 1 is 1.40 bits per heavy atom. The number of aromatic nitrogens is 2. The second-order valence-corrected chi connectivity index (χ2v) is 6.25. The van der Waals surface area contributed by atoms with E-state index in [0.717, 1.165) is 16.6 Å². The van der Waals surface area contributed by atoms with E-state index in [2.05, 4.69) is 15.5 Å². The number of fused-ring (bicyclic) bond motifs is 1. The topological polar surface area (TPSA) is 83.8 Å². The summed E-state index contributed by atoms with van der Waals surface area (Å²) in [6.45, 7) is 2.16. The van der Waals surface area contributed by atoms with E-state index >= 15 is 0 Å². The third-order valence-electron chi connectivity index (χ3n) is 4.14. The van der Waals surface area contributed by atoms with Gasteiger partial charge in [0.15, 0.2) is 0 Å². The predicted molar refractivity (Wildman–Crippen MR) is 97.3 cm³/mol. The molecule has 0 unspecified atom stereocenters. The zero-order valence-electron chi connectivity index (χ0n) is 13.6. The van der Waals surface area contributed by atoms with Gasteiger partial charge in [-0.3, -0.25) is 9.89 Å². The van der Waals surface area contributed by atoms with E-state index in [0.29, 0.717) is 12.1 Å². The van der Waals surface area contributed by atoms with Gasteiger partial charge in [-0.1, -0.05) is 23.7 Å². The number of carbonyl (C=O) groups excluding carboxylic acids is 1. The number of aromatic amines is 1. The Morgan fingerprint density at radius 3 is 2.96 bits per heavy atom. The number of nitrogens with two attached hydrogens (primary N) is 1. The van der Waals surface area contributed by atoms with Crippen LogP contribution in [-0.4, -0.2) is 22.6 Å². The molecule has 5 nitrogen and oxygen atoms in total. The molecule has 0 spiro atoms. The molecule has 2 aromatic carbocycles. The van der Waals surface area contributed by atoms with Crippen molar-refractivity contribution in [2.45, 2.75) is 19.3 Å². The van der Waals surface area contributed by atoms with Gasteiger partial charge >= 0.3 is 0 Å². The second kappa shape index (κ2) is 7.21. The van der Waals surface area contributed by atoms with E-state index in [-0.39, 0.29) is 23.0 Å². The summed E-state index contributed by atoms with van der Waals surface area (Å²) < 4.78 is 14.3. The van der Waals surface area contributed by atoms with Crippen molar-refractivity contribution >= 4 is 34.1 Å². The molecule has 1 heterocycles. The minimum Gasteiger partial charge on any atom is -0.330 e. The van der Waals surface area contributed by atoms with Crippen LogP contribution in [-0.2, 0) is 4.79 Å². The highest BCUT2D eigenvalue weighted by molar-refractivity contribution is 6.30. The summed E-state index contributed by atoms with van der Waals surface area (Å²) in [5.74, 6) is -1.63.